The molecule has 0 aromatic heterocycles. The molecule has 0 saturated carbocycles. The van der Waals surface area contributed by atoms with E-state index in [0.717, 1.165) is 11.1 Å². The van der Waals surface area contributed by atoms with Crippen molar-refractivity contribution in [1.29, 1.82) is 0 Å². The summed E-state index contributed by atoms with van der Waals surface area (Å²) in [6, 6.07) is 13.5. The molecule has 0 bridgehead atoms. The Morgan fingerprint density at radius 2 is 1.58 bits per heavy atom. The van der Waals surface area contributed by atoms with Crippen LogP contribution in [0, 0.1) is 0 Å². The summed E-state index contributed by atoms with van der Waals surface area (Å²) in [6.07, 6.45) is 0. The number of hydrogen-bond donors (Lipinski definition) is 2. The molecule has 0 radical (unpaired) electrons. The van der Waals surface area contributed by atoms with Crippen molar-refractivity contribution in [3.63, 3.8) is 0 Å². The summed E-state index contributed by atoms with van der Waals surface area (Å²) in [5, 5.41) is 0. The molecule has 7 heteroatoms. The molecule has 0 unspecified atom stereocenters. The topological polar surface area (TPSA) is 84.5 Å². The summed E-state index contributed by atoms with van der Waals surface area (Å²) in [7, 11) is -2.25. The van der Waals surface area contributed by atoms with E-state index in [9.17, 15) is 13.2 Å². The van der Waals surface area contributed by atoms with Crippen LogP contribution in [0.1, 0.15) is 42.3 Å². The van der Waals surface area contributed by atoms with Gasteiger partial charge in [0.05, 0.1) is 12.0 Å². The Morgan fingerprint density at radius 3 is 2.08 bits per heavy atom. The third kappa shape index (κ3) is 5.14. The zero-order chi connectivity index (χ0) is 19.4. The quantitative estimate of drug-likeness (QED) is 0.759. The molecule has 0 atom stereocenters. The first kappa shape index (κ1) is 20.1. The minimum atomic E-state index is -3.61. The number of nitrogens with one attached hydrogen (secondary N) is 2. The summed E-state index contributed by atoms with van der Waals surface area (Å²) < 4.78 is 27.4. The van der Waals surface area contributed by atoms with Crippen LogP contribution in [-0.2, 0) is 26.8 Å². The van der Waals surface area contributed by atoms with Gasteiger partial charge in [-0.15, -0.1) is 0 Å². The zero-order valence-corrected chi connectivity index (χ0v) is 16.2. The third-order valence-electron chi connectivity index (χ3n) is 3.91. The van der Waals surface area contributed by atoms with Crippen molar-refractivity contribution in [1.82, 2.24) is 10.2 Å². The first-order chi connectivity index (χ1) is 12.1. The largest absolute Gasteiger partial charge is 0.277 e. The van der Waals surface area contributed by atoms with Crippen LogP contribution >= 0.6 is 0 Å². The van der Waals surface area contributed by atoms with Gasteiger partial charge in [0.25, 0.3) is 5.91 Å². The highest BCUT2D eigenvalue weighted by molar-refractivity contribution is 7.89. The molecular weight excluding hydrogens is 352 g/mol. The fourth-order valence-corrected chi connectivity index (χ4v) is 3.34. The number of carbonyl (C=O) groups is 1. The molecular formula is C19H24N2O4S. The predicted molar refractivity (Wildman–Crippen MR) is 100 cm³/mol. The summed E-state index contributed by atoms with van der Waals surface area (Å²) >= 11 is 0. The van der Waals surface area contributed by atoms with Crippen molar-refractivity contribution >= 4 is 15.9 Å². The standard InChI is InChI=1S/C19H24N2O4S/c1-19(2,3)16-9-11-17(12-10-16)26(23,24)20-13-14-5-7-15(8-6-14)18(22)21-25-4/h5-12,20H,13H2,1-4H3,(H,21,22). The molecule has 0 aliphatic rings. The van der Waals surface area contributed by atoms with E-state index in [1.807, 2.05) is 12.1 Å². The molecule has 0 heterocycles. The number of hydroxylamine groups is 1. The van der Waals surface area contributed by atoms with Gasteiger partial charge in [-0.1, -0.05) is 45.0 Å². The Hall–Kier alpha value is -2.22. The van der Waals surface area contributed by atoms with E-state index in [2.05, 4.69) is 35.8 Å². The fraction of sp³-hybridized carbons (Fsp3) is 0.316. The van der Waals surface area contributed by atoms with E-state index in [1.165, 1.54) is 7.11 Å². The van der Waals surface area contributed by atoms with E-state index < -0.39 is 10.0 Å². The average molecular weight is 376 g/mol. The van der Waals surface area contributed by atoms with Gasteiger partial charge in [0.15, 0.2) is 0 Å². The summed E-state index contributed by atoms with van der Waals surface area (Å²) in [5.74, 6) is -0.362. The van der Waals surface area contributed by atoms with Crippen molar-refractivity contribution in [3.8, 4) is 0 Å². The number of sulfonamides is 1. The van der Waals surface area contributed by atoms with E-state index in [4.69, 9.17) is 0 Å². The molecule has 2 aromatic rings. The Morgan fingerprint density at radius 1 is 1.00 bits per heavy atom. The first-order valence-electron chi connectivity index (χ1n) is 8.16. The van der Waals surface area contributed by atoms with Crippen LogP contribution in [0.5, 0.6) is 0 Å². The maximum Gasteiger partial charge on any atom is 0.274 e. The zero-order valence-electron chi connectivity index (χ0n) is 15.4. The monoisotopic (exact) mass is 376 g/mol. The van der Waals surface area contributed by atoms with Crippen molar-refractivity contribution in [2.24, 2.45) is 0 Å². The molecule has 0 saturated heterocycles. The Kier molecular flexibility index (Phi) is 6.17. The van der Waals surface area contributed by atoms with Crippen molar-refractivity contribution in [3.05, 3.63) is 65.2 Å². The molecule has 2 rings (SSSR count). The molecule has 0 aliphatic carbocycles. The Balaban J connectivity index is 2.05. The second kappa shape index (κ2) is 7.99. The maximum atomic E-state index is 12.4. The summed E-state index contributed by atoms with van der Waals surface area (Å²) in [6.45, 7) is 6.36. The minimum absolute atomic E-state index is 0.0351. The Bertz CT molecular complexity index is 852. The van der Waals surface area contributed by atoms with Gasteiger partial charge in [0.2, 0.25) is 10.0 Å². The van der Waals surface area contributed by atoms with Crippen LogP contribution in [0.2, 0.25) is 0 Å². The molecule has 1 amide bonds. The Labute approximate surface area is 154 Å². The lowest BCUT2D eigenvalue weighted by Crippen LogP contribution is -2.24. The molecule has 0 aliphatic heterocycles. The smallest absolute Gasteiger partial charge is 0.274 e. The first-order valence-corrected chi connectivity index (χ1v) is 9.64. The van der Waals surface area contributed by atoms with Gasteiger partial charge in [-0.2, -0.15) is 0 Å². The number of carbonyl (C=O) groups excluding carboxylic acids is 1. The highest BCUT2D eigenvalue weighted by Crippen LogP contribution is 2.23. The maximum absolute atomic E-state index is 12.4. The number of hydrogen-bond acceptors (Lipinski definition) is 4. The van der Waals surface area contributed by atoms with E-state index in [0.29, 0.717) is 5.56 Å². The molecule has 0 fully saturated rings. The molecule has 0 spiro atoms. The van der Waals surface area contributed by atoms with Crippen LogP contribution in [0.25, 0.3) is 0 Å². The van der Waals surface area contributed by atoms with Gasteiger partial charge in [0, 0.05) is 12.1 Å². The fourth-order valence-electron chi connectivity index (χ4n) is 2.32. The predicted octanol–water partition coefficient (Wildman–Crippen LogP) is 2.75. The molecule has 140 valence electrons. The van der Waals surface area contributed by atoms with E-state index in [1.54, 1.807) is 36.4 Å². The van der Waals surface area contributed by atoms with Crippen LogP contribution in [-0.4, -0.2) is 21.4 Å². The summed E-state index contributed by atoms with van der Waals surface area (Å²) in [4.78, 5) is 16.4. The van der Waals surface area contributed by atoms with Gasteiger partial charge < -0.3 is 0 Å². The van der Waals surface area contributed by atoms with Crippen LogP contribution in [0.3, 0.4) is 0 Å². The van der Waals surface area contributed by atoms with E-state index in [-0.39, 0.29) is 22.8 Å². The van der Waals surface area contributed by atoms with Crippen LogP contribution in [0.15, 0.2) is 53.4 Å². The second-order valence-electron chi connectivity index (χ2n) is 6.93. The third-order valence-corrected chi connectivity index (χ3v) is 5.32. The number of rotatable bonds is 6. The van der Waals surface area contributed by atoms with Gasteiger partial charge in [-0.25, -0.2) is 18.6 Å². The molecule has 26 heavy (non-hydrogen) atoms. The lowest BCUT2D eigenvalue weighted by atomic mass is 9.87. The molecule has 2 N–H and O–H groups in total. The number of benzene rings is 2. The van der Waals surface area contributed by atoms with Gasteiger partial charge in [-0.3, -0.25) is 9.63 Å². The van der Waals surface area contributed by atoms with Crippen molar-refractivity contribution in [2.75, 3.05) is 7.11 Å². The minimum Gasteiger partial charge on any atom is -0.277 e. The molecule has 2 aromatic carbocycles. The van der Waals surface area contributed by atoms with Crippen LogP contribution in [0.4, 0.5) is 0 Å². The number of amides is 1. The highest BCUT2D eigenvalue weighted by Gasteiger charge is 2.17. The van der Waals surface area contributed by atoms with Gasteiger partial charge in [-0.05, 0) is 40.8 Å². The summed E-state index contributed by atoms with van der Waals surface area (Å²) in [5.41, 5.74) is 4.43. The normalized spacial score (nSPS) is 12.0. The second-order valence-corrected chi connectivity index (χ2v) is 8.70. The lowest BCUT2D eigenvalue weighted by Gasteiger charge is -2.19. The SMILES string of the molecule is CONC(=O)c1ccc(CNS(=O)(=O)c2ccc(C(C)(C)C)cc2)cc1. The van der Waals surface area contributed by atoms with Crippen molar-refractivity contribution < 1.29 is 18.0 Å². The van der Waals surface area contributed by atoms with Crippen LogP contribution < -0.4 is 10.2 Å². The molecule has 6 nitrogen and oxygen atoms in total. The highest BCUT2D eigenvalue weighted by atomic mass is 32.2. The van der Waals surface area contributed by atoms with Gasteiger partial charge in [0.1, 0.15) is 0 Å². The van der Waals surface area contributed by atoms with E-state index >= 15 is 0 Å². The van der Waals surface area contributed by atoms with Gasteiger partial charge >= 0.3 is 0 Å². The average Bonchev–Trinajstić information content (AvgIpc) is 2.60. The van der Waals surface area contributed by atoms with Crippen molar-refractivity contribution in [2.45, 2.75) is 37.6 Å². The lowest BCUT2D eigenvalue weighted by molar-refractivity contribution is 0.0537.